The van der Waals surface area contributed by atoms with Gasteiger partial charge in [-0.25, -0.2) is 14.8 Å². The van der Waals surface area contributed by atoms with Crippen LogP contribution in [0, 0.1) is 0 Å². The molecule has 280 valence electrons. The lowest BCUT2D eigenvalue weighted by molar-refractivity contribution is -0.140. The van der Waals surface area contributed by atoms with Gasteiger partial charge in [-0.1, -0.05) is 13.0 Å². The van der Waals surface area contributed by atoms with Gasteiger partial charge in [-0.15, -0.1) is 11.3 Å². The molecule has 0 spiro atoms. The van der Waals surface area contributed by atoms with E-state index < -0.39 is 39.4 Å². The largest absolute Gasteiger partial charge is 0.434 e. The zero-order valence-corrected chi connectivity index (χ0v) is 31.0. The highest BCUT2D eigenvalue weighted by Crippen LogP contribution is 2.39. The molecule has 0 aliphatic carbocycles. The molecule has 1 fully saturated rings. The highest BCUT2D eigenvalue weighted by Gasteiger charge is 2.35. The fraction of sp³-hybridized carbons (Fsp3) is 0.424. The number of pyridine rings is 2. The first-order valence-electron chi connectivity index (χ1n) is 16.4. The minimum absolute atomic E-state index is 0.0181. The predicted octanol–water partition coefficient (Wildman–Crippen LogP) is 3.86. The van der Waals surface area contributed by atoms with Crippen molar-refractivity contribution in [3.8, 4) is 21.7 Å². The second kappa shape index (κ2) is 15.7. The molecule has 1 aliphatic rings. The van der Waals surface area contributed by atoms with E-state index in [9.17, 15) is 36.0 Å². The minimum Gasteiger partial charge on any atom is -0.345 e. The number of nitrogens with one attached hydrogen (secondary N) is 2. The number of halogens is 3. The Labute approximate surface area is 303 Å². The third-order valence-electron chi connectivity index (χ3n) is 8.43. The fourth-order valence-corrected chi connectivity index (χ4v) is 7.53. The van der Waals surface area contributed by atoms with Gasteiger partial charge in [0.15, 0.2) is 5.69 Å². The maximum atomic E-state index is 14.1. The second-order valence-electron chi connectivity index (χ2n) is 12.6. The van der Waals surface area contributed by atoms with Gasteiger partial charge in [0.2, 0.25) is 5.43 Å². The lowest BCUT2D eigenvalue weighted by atomic mass is 9.99. The Bertz CT molecular complexity index is 2130. The number of thiazole rings is 1. The molecule has 5 rings (SSSR count). The number of hydrogen-bond acceptors (Lipinski definition) is 9. The average molecular weight is 764 g/mol. The van der Waals surface area contributed by atoms with Crippen LogP contribution in [0.2, 0.25) is 0 Å². The minimum atomic E-state index is -4.68. The highest BCUT2D eigenvalue weighted by atomic mass is 32.2. The van der Waals surface area contributed by atoms with Crippen molar-refractivity contribution in [3.05, 3.63) is 63.5 Å². The van der Waals surface area contributed by atoms with Gasteiger partial charge < -0.3 is 19.7 Å². The molecule has 0 bridgehead atoms. The van der Waals surface area contributed by atoms with Gasteiger partial charge >= 0.3 is 12.2 Å². The summed E-state index contributed by atoms with van der Waals surface area (Å²) >= 11 is 0.772. The van der Waals surface area contributed by atoms with Crippen molar-refractivity contribution < 1.29 is 31.2 Å². The molecule has 0 unspecified atom stereocenters. The summed E-state index contributed by atoms with van der Waals surface area (Å²) in [4.78, 5) is 52.0. The smallest absolute Gasteiger partial charge is 0.345 e. The highest BCUT2D eigenvalue weighted by molar-refractivity contribution is 7.86. The number of carbonyl (C=O) groups excluding carboxylic acids is 2. The van der Waals surface area contributed by atoms with Crippen LogP contribution in [0.5, 0.6) is 0 Å². The first kappa shape index (κ1) is 38.8. The number of rotatable bonds is 11. The van der Waals surface area contributed by atoms with Crippen LogP contribution < -0.4 is 16.1 Å². The molecule has 3 aromatic heterocycles. The van der Waals surface area contributed by atoms with E-state index in [1.165, 1.54) is 41.8 Å². The first-order valence-corrected chi connectivity index (χ1v) is 18.7. The molecule has 19 heteroatoms. The lowest BCUT2D eigenvalue weighted by Gasteiger charge is -2.35. The van der Waals surface area contributed by atoms with Gasteiger partial charge in [-0.2, -0.15) is 30.2 Å². The molecule has 4 heterocycles. The van der Waals surface area contributed by atoms with Crippen molar-refractivity contribution in [2.24, 2.45) is 0 Å². The van der Waals surface area contributed by atoms with Crippen molar-refractivity contribution in [3.63, 3.8) is 0 Å². The maximum absolute atomic E-state index is 14.1. The van der Waals surface area contributed by atoms with Gasteiger partial charge in [-0.3, -0.25) is 14.9 Å². The molecule has 14 nitrogen and oxygen atoms in total. The summed E-state index contributed by atoms with van der Waals surface area (Å²) in [6.07, 6.45) is -1.08. The van der Waals surface area contributed by atoms with Crippen LogP contribution in [0.3, 0.4) is 0 Å². The number of amides is 3. The monoisotopic (exact) mass is 763 g/mol. The van der Waals surface area contributed by atoms with Crippen molar-refractivity contribution in [1.82, 2.24) is 38.3 Å². The van der Waals surface area contributed by atoms with E-state index in [-0.39, 0.29) is 53.5 Å². The number of hydrogen-bond donors (Lipinski definition) is 2. The summed E-state index contributed by atoms with van der Waals surface area (Å²) in [5.41, 5.74) is -0.188. The normalized spacial score (nSPS) is 14.4. The van der Waals surface area contributed by atoms with Crippen molar-refractivity contribution >= 4 is 50.2 Å². The number of benzene rings is 1. The van der Waals surface area contributed by atoms with E-state index in [4.69, 9.17) is 0 Å². The molecule has 0 radical (unpaired) electrons. The maximum Gasteiger partial charge on any atom is 0.434 e. The molecule has 2 N–H and O–H groups in total. The van der Waals surface area contributed by atoms with Crippen LogP contribution >= 0.6 is 11.3 Å². The average Bonchev–Trinajstić information content (AvgIpc) is 3.61. The van der Waals surface area contributed by atoms with E-state index in [0.717, 1.165) is 21.0 Å². The van der Waals surface area contributed by atoms with Crippen LogP contribution in [0.15, 0.2) is 46.8 Å². The lowest BCUT2D eigenvalue weighted by Crippen LogP contribution is -2.53. The molecule has 0 atom stereocenters. The van der Waals surface area contributed by atoms with Crippen LogP contribution in [0.4, 0.5) is 23.8 Å². The van der Waals surface area contributed by atoms with Gasteiger partial charge in [0.25, 0.3) is 16.1 Å². The first-order chi connectivity index (χ1) is 24.5. The summed E-state index contributed by atoms with van der Waals surface area (Å²) < 4.78 is 70.2. The Morgan fingerprint density at radius 2 is 1.75 bits per heavy atom. The summed E-state index contributed by atoms with van der Waals surface area (Å²) in [6, 6.07) is 5.87. The summed E-state index contributed by atoms with van der Waals surface area (Å²) in [5.74, 6) is -0.464. The van der Waals surface area contributed by atoms with Crippen molar-refractivity contribution in [2.75, 3.05) is 72.8 Å². The summed E-state index contributed by atoms with van der Waals surface area (Å²) in [6.45, 7) is 3.58. The van der Waals surface area contributed by atoms with Gasteiger partial charge in [0.05, 0.1) is 5.52 Å². The van der Waals surface area contributed by atoms with Crippen molar-refractivity contribution in [1.29, 1.82) is 0 Å². The SMILES string of the molecule is CCCNC(=O)Nc1cc(-c2nc(C(F)(F)F)cs2)c(-c2ccc3c(c2)c(=O)c(C(=O)N2CCN(S(=O)(=O)N(C)C)CC2)cn3CCN(C)C)cn1. The van der Waals surface area contributed by atoms with Gasteiger partial charge in [-0.05, 0) is 44.3 Å². The zero-order chi connectivity index (χ0) is 38.0. The molecule has 1 aromatic carbocycles. The number of piperazine rings is 1. The third kappa shape index (κ3) is 8.44. The number of aromatic nitrogens is 3. The summed E-state index contributed by atoms with van der Waals surface area (Å²) in [5, 5.41) is 6.36. The van der Waals surface area contributed by atoms with Crippen LogP contribution in [0.1, 0.15) is 29.4 Å². The van der Waals surface area contributed by atoms with Gasteiger partial charge in [0, 0.05) is 94.2 Å². The zero-order valence-electron chi connectivity index (χ0n) is 29.3. The van der Waals surface area contributed by atoms with E-state index >= 15 is 0 Å². The quantitative estimate of drug-likeness (QED) is 0.234. The van der Waals surface area contributed by atoms with Gasteiger partial charge in [0.1, 0.15) is 16.4 Å². The van der Waals surface area contributed by atoms with Crippen LogP contribution in [-0.4, -0.2) is 121 Å². The Hall–Kier alpha value is -4.43. The Balaban J connectivity index is 1.59. The number of nitrogens with zero attached hydrogens (tertiary/aromatic N) is 7. The molecule has 4 aromatic rings. The number of likely N-dealkylation sites (N-methyl/N-ethyl adjacent to an activating group) is 1. The predicted molar refractivity (Wildman–Crippen MR) is 193 cm³/mol. The Morgan fingerprint density at radius 3 is 2.37 bits per heavy atom. The molecular weight excluding hydrogens is 724 g/mol. The molecular formula is C33H40F3N9O5S2. The van der Waals surface area contributed by atoms with Crippen LogP contribution in [0.25, 0.3) is 32.6 Å². The second-order valence-corrected chi connectivity index (χ2v) is 15.6. The fourth-order valence-electron chi connectivity index (χ4n) is 5.59. The molecule has 52 heavy (non-hydrogen) atoms. The van der Waals surface area contributed by atoms with E-state index in [1.807, 2.05) is 25.9 Å². The van der Waals surface area contributed by atoms with Crippen LogP contribution in [-0.2, 0) is 22.9 Å². The topological polar surface area (TPSA) is 153 Å². The molecule has 3 amide bonds. The van der Waals surface area contributed by atoms with E-state index in [1.54, 1.807) is 22.8 Å². The summed E-state index contributed by atoms with van der Waals surface area (Å²) in [7, 11) is 2.96. The molecule has 1 saturated heterocycles. The number of fused-ring (bicyclic) bond motifs is 1. The molecule has 1 aliphatic heterocycles. The van der Waals surface area contributed by atoms with Crippen molar-refractivity contribution in [2.45, 2.75) is 26.1 Å². The third-order valence-corrected chi connectivity index (χ3v) is 11.2. The van der Waals surface area contributed by atoms with E-state index in [2.05, 4.69) is 20.6 Å². The standard InChI is InChI=1S/C33H40F3N9O5S2/c1-6-9-37-32(48)40-28-17-22(30-39-27(20-51-30)33(34,35)36)24(18-38-28)21-7-8-26-23(16-21)29(46)25(19-44(26)11-10-41(2)3)31(47)43-12-14-45(15-13-43)52(49,50)42(4)5/h7-8,16-20H,6,9-15H2,1-5H3,(H2,37,38,40,48). The number of carbonyl (C=O) groups is 2. The molecule has 0 saturated carbocycles. The van der Waals surface area contributed by atoms with E-state index in [0.29, 0.717) is 42.7 Å². The Morgan fingerprint density at radius 1 is 1.04 bits per heavy atom. The number of urea groups is 1. The Kier molecular flexibility index (Phi) is 11.7. The number of alkyl halides is 3. The number of anilines is 1.